The summed E-state index contributed by atoms with van der Waals surface area (Å²) >= 11 is 0. The van der Waals surface area contributed by atoms with E-state index in [1.807, 2.05) is 0 Å². The zero-order valence-electron chi connectivity index (χ0n) is 11.6. The lowest BCUT2D eigenvalue weighted by Crippen LogP contribution is -2.27. The van der Waals surface area contributed by atoms with Gasteiger partial charge in [0, 0.05) is 12.7 Å². The Morgan fingerprint density at radius 3 is 2.52 bits per heavy atom. The number of benzene rings is 1. The summed E-state index contributed by atoms with van der Waals surface area (Å²) in [5, 5.41) is 21.7. The largest absolute Gasteiger partial charge is 0.481 e. The molecule has 0 aliphatic carbocycles. The van der Waals surface area contributed by atoms with Crippen molar-refractivity contribution in [1.29, 1.82) is 5.26 Å². The van der Waals surface area contributed by atoms with Gasteiger partial charge in [-0.3, -0.25) is 9.59 Å². The number of nitriles is 1. The molecule has 0 radical (unpaired) electrons. The Morgan fingerprint density at radius 1 is 1.30 bits per heavy atom. The fourth-order valence-corrected chi connectivity index (χ4v) is 1.53. The van der Waals surface area contributed by atoms with E-state index < -0.39 is 29.2 Å². The van der Waals surface area contributed by atoms with Crippen LogP contribution in [0.2, 0.25) is 0 Å². The van der Waals surface area contributed by atoms with E-state index in [0.717, 1.165) is 18.3 Å². The second-order valence-corrected chi connectivity index (χ2v) is 4.26. The lowest BCUT2D eigenvalue weighted by molar-refractivity contribution is -0.137. The molecular formula is C14H12F3N3O3. The quantitative estimate of drug-likeness (QED) is 0.549. The SMILES string of the molecule is N#C/C(=C/Nc1ccccc1C(F)(F)F)C(=O)NCCC(=O)O. The van der Waals surface area contributed by atoms with Crippen LogP contribution in [0.5, 0.6) is 0 Å². The first-order valence-corrected chi connectivity index (χ1v) is 6.28. The molecule has 0 unspecified atom stereocenters. The first-order valence-electron chi connectivity index (χ1n) is 6.28. The van der Waals surface area contributed by atoms with Gasteiger partial charge in [-0.15, -0.1) is 0 Å². The van der Waals surface area contributed by atoms with Gasteiger partial charge in [-0.1, -0.05) is 12.1 Å². The summed E-state index contributed by atoms with van der Waals surface area (Å²) in [6.45, 7) is -0.202. The number of halogens is 3. The summed E-state index contributed by atoms with van der Waals surface area (Å²) in [7, 11) is 0. The van der Waals surface area contributed by atoms with Gasteiger partial charge in [-0.25, -0.2) is 0 Å². The highest BCUT2D eigenvalue weighted by Crippen LogP contribution is 2.34. The molecule has 122 valence electrons. The number of carboxylic acids is 1. The van der Waals surface area contributed by atoms with E-state index in [1.165, 1.54) is 18.2 Å². The van der Waals surface area contributed by atoms with Crippen LogP contribution in [0.25, 0.3) is 0 Å². The second kappa shape index (κ2) is 7.84. The molecule has 0 saturated heterocycles. The van der Waals surface area contributed by atoms with Gasteiger partial charge in [-0.2, -0.15) is 18.4 Å². The number of anilines is 1. The van der Waals surface area contributed by atoms with Crippen molar-refractivity contribution in [2.24, 2.45) is 0 Å². The minimum Gasteiger partial charge on any atom is -0.481 e. The molecule has 0 aliphatic heterocycles. The molecule has 0 fully saturated rings. The Hall–Kier alpha value is -3.02. The zero-order valence-corrected chi connectivity index (χ0v) is 11.6. The van der Waals surface area contributed by atoms with Gasteiger partial charge in [0.1, 0.15) is 11.6 Å². The van der Waals surface area contributed by atoms with E-state index >= 15 is 0 Å². The topological polar surface area (TPSA) is 102 Å². The molecule has 9 heteroatoms. The molecule has 0 heterocycles. The number of hydrogen-bond acceptors (Lipinski definition) is 4. The molecule has 1 aromatic carbocycles. The smallest absolute Gasteiger partial charge is 0.418 e. The fourth-order valence-electron chi connectivity index (χ4n) is 1.53. The average Bonchev–Trinajstić information content (AvgIpc) is 2.47. The van der Waals surface area contributed by atoms with Crippen LogP contribution in [-0.4, -0.2) is 23.5 Å². The first kappa shape index (κ1) is 18.0. The lowest BCUT2D eigenvalue weighted by Gasteiger charge is -2.12. The Balaban J connectivity index is 2.84. The molecule has 0 aliphatic rings. The summed E-state index contributed by atoms with van der Waals surface area (Å²) in [6.07, 6.45) is -4.09. The van der Waals surface area contributed by atoms with E-state index in [1.54, 1.807) is 0 Å². The number of rotatable bonds is 6. The Bertz CT molecular complexity index is 663. The monoisotopic (exact) mass is 327 g/mol. The van der Waals surface area contributed by atoms with E-state index in [9.17, 15) is 22.8 Å². The zero-order chi connectivity index (χ0) is 17.5. The third-order valence-corrected chi connectivity index (χ3v) is 2.59. The van der Waals surface area contributed by atoms with Crippen LogP contribution in [0.15, 0.2) is 36.0 Å². The molecular weight excluding hydrogens is 315 g/mol. The maximum atomic E-state index is 12.8. The van der Waals surface area contributed by atoms with Crippen molar-refractivity contribution in [3.05, 3.63) is 41.6 Å². The van der Waals surface area contributed by atoms with Gasteiger partial charge in [-0.05, 0) is 12.1 Å². The average molecular weight is 327 g/mol. The van der Waals surface area contributed by atoms with Crippen LogP contribution < -0.4 is 10.6 Å². The van der Waals surface area contributed by atoms with Crippen molar-refractivity contribution in [2.45, 2.75) is 12.6 Å². The number of para-hydroxylation sites is 1. The van der Waals surface area contributed by atoms with Crippen molar-refractivity contribution in [2.75, 3.05) is 11.9 Å². The number of carbonyl (C=O) groups excluding carboxylic acids is 1. The standard InChI is InChI=1S/C14H12F3N3O3/c15-14(16,17)10-3-1-2-4-11(10)20-8-9(7-18)13(23)19-6-5-12(21)22/h1-4,8,20H,5-6H2,(H,19,23)(H,21,22)/b9-8-. The minimum atomic E-state index is -4.59. The number of aliphatic carboxylic acids is 1. The molecule has 23 heavy (non-hydrogen) atoms. The summed E-state index contributed by atoms with van der Waals surface area (Å²) in [5.41, 5.74) is -1.74. The normalized spacial score (nSPS) is 11.5. The van der Waals surface area contributed by atoms with E-state index in [0.29, 0.717) is 0 Å². The van der Waals surface area contributed by atoms with Crippen molar-refractivity contribution >= 4 is 17.6 Å². The molecule has 1 amide bonds. The van der Waals surface area contributed by atoms with Gasteiger partial charge < -0.3 is 15.7 Å². The lowest BCUT2D eigenvalue weighted by atomic mass is 10.1. The van der Waals surface area contributed by atoms with Gasteiger partial charge in [0.25, 0.3) is 5.91 Å². The molecule has 3 N–H and O–H groups in total. The highest BCUT2D eigenvalue weighted by Gasteiger charge is 2.33. The van der Waals surface area contributed by atoms with Gasteiger partial charge in [0.2, 0.25) is 0 Å². The minimum absolute atomic E-state index is 0.202. The van der Waals surface area contributed by atoms with Crippen LogP contribution in [0, 0.1) is 11.3 Å². The molecule has 0 spiro atoms. The van der Waals surface area contributed by atoms with Crippen LogP contribution in [0.4, 0.5) is 18.9 Å². The highest BCUT2D eigenvalue weighted by atomic mass is 19.4. The Morgan fingerprint density at radius 2 is 1.96 bits per heavy atom. The fraction of sp³-hybridized carbons (Fsp3) is 0.214. The number of nitrogens with one attached hydrogen (secondary N) is 2. The van der Waals surface area contributed by atoms with Crippen molar-refractivity contribution in [3.63, 3.8) is 0 Å². The highest BCUT2D eigenvalue weighted by molar-refractivity contribution is 5.97. The summed E-state index contributed by atoms with van der Waals surface area (Å²) in [6, 6.07) is 6.11. The van der Waals surface area contributed by atoms with Crippen LogP contribution in [0.1, 0.15) is 12.0 Å². The second-order valence-electron chi connectivity index (χ2n) is 4.26. The number of nitrogens with zero attached hydrogens (tertiary/aromatic N) is 1. The van der Waals surface area contributed by atoms with Gasteiger partial charge >= 0.3 is 12.1 Å². The van der Waals surface area contributed by atoms with E-state index in [4.69, 9.17) is 10.4 Å². The molecule has 0 atom stereocenters. The number of alkyl halides is 3. The predicted octanol–water partition coefficient (Wildman–Crippen LogP) is 2.12. The van der Waals surface area contributed by atoms with Crippen molar-refractivity contribution in [3.8, 4) is 6.07 Å². The maximum Gasteiger partial charge on any atom is 0.418 e. The maximum absolute atomic E-state index is 12.8. The van der Waals surface area contributed by atoms with Crippen LogP contribution >= 0.6 is 0 Å². The summed E-state index contributed by atoms with van der Waals surface area (Å²) in [5.74, 6) is -2.02. The Kier molecular flexibility index (Phi) is 6.14. The van der Waals surface area contributed by atoms with Gasteiger partial charge in [0.05, 0.1) is 17.7 Å². The third kappa shape index (κ3) is 5.70. The van der Waals surface area contributed by atoms with E-state index in [-0.39, 0.29) is 18.7 Å². The van der Waals surface area contributed by atoms with Gasteiger partial charge in [0.15, 0.2) is 0 Å². The molecule has 1 rings (SSSR count). The van der Waals surface area contributed by atoms with Crippen molar-refractivity contribution < 1.29 is 27.9 Å². The molecule has 6 nitrogen and oxygen atoms in total. The third-order valence-electron chi connectivity index (χ3n) is 2.59. The predicted molar refractivity (Wildman–Crippen MR) is 74.0 cm³/mol. The summed E-state index contributed by atoms with van der Waals surface area (Å²) < 4.78 is 38.4. The van der Waals surface area contributed by atoms with E-state index in [2.05, 4.69) is 10.6 Å². The molecule has 0 saturated carbocycles. The van der Waals surface area contributed by atoms with Crippen molar-refractivity contribution in [1.82, 2.24) is 5.32 Å². The molecule has 1 aromatic rings. The molecule has 0 aromatic heterocycles. The number of carboxylic acid groups (broad SMARTS) is 1. The first-order chi connectivity index (χ1) is 10.8. The Labute approximate surface area is 129 Å². The van der Waals surface area contributed by atoms with Crippen LogP contribution in [0.3, 0.4) is 0 Å². The number of amides is 1. The number of carbonyl (C=O) groups is 2. The number of hydrogen-bond donors (Lipinski definition) is 3. The molecule has 0 bridgehead atoms. The van der Waals surface area contributed by atoms with Crippen LogP contribution in [-0.2, 0) is 15.8 Å². The summed E-state index contributed by atoms with van der Waals surface area (Å²) in [4.78, 5) is 21.9.